The molecule has 1 fully saturated rings. The predicted octanol–water partition coefficient (Wildman–Crippen LogP) is 1.83. The molecule has 2 aromatic rings. The van der Waals surface area contributed by atoms with Crippen LogP contribution in [0.5, 0.6) is 0 Å². The Morgan fingerprint density at radius 2 is 1.84 bits per heavy atom. The number of carbonyl (C=O) groups excluding carboxylic acids is 1. The average Bonchev–Trinajstić information content (AvgIpc) is 3.13. The second kappa shape index (κ2) is 7.61. The third-order valence-electron chi connectivity index (χ3n) is 3.94. The minimum Gasteiger partial charge on any atom is -0.322 e. The number of hydrogen-bond acceptors (Lipinski definition) is 5. The number of piperazine rings is 1. The summed E-state index contributed by atoms with van der Waals surface area (Å²) in [4.78, 5) is 13.9. The lowest BCUT2D eigenvalue weighted by Gasteiger charge is -2.33. The molecule has 25 heavy (non-hydrogen) atoms. The number of thiophene rings is 1. The first-order valence-electron chi connectivity index (χ1n) is 7.77. The van der Waals surface area contributed by atoms with Gasteiger partial charge in [-0.25, -0.2) is 12.8 Å². The number of halogens is 1. The highest BCUT2D eigenvalue weighted by Gasteiger charge is 2.29. The molecule has 0 unspecified atom stereocenters. The topological polar surface area (TPSA) is 69.7 Å². The first kappa shape index (κ1) is 18.0. The molecule has 9 heteroatoms. The zero-order chi connectivity index (χ0) is 17.9. The van der Waals surface area contributed by atoms with E-state index < -0.39 is 15.8 Å². The molecule has 1 aromatic heterocycles. The van der Waals surface area contributed by atoms with Gasteiger partial charge in [0, 0.05) is 26.2 Å². The van der Waals surface area contributed by atoms with Crippen LogP contribution in [0.4, 0.5) is 10.1 Å². The second-order valence-electron chi connectivity index (χ2n) is 5.64. The Morgan fingerprint density at radius 1 is 1.12 bits per heavy atom. The summed E-state index contributed by atoms with van der Waals surface area (Å²) in [6, 6.07) is 9.28. The van der Waals surface area contributed by atoms with Gasteiger partial charge >= 0.3 is 0 Å². The average molecular weight is 383 g/mol. The summed E-state index contributed by atoms with van der Waals surface area (Å²) < 4.78 is 40.2. The van der Waals surface area contributed by atoms with Gasteiger partial charge in [0.25, 0.3) is 10.0 Å². The van der Waals surface area contributed by atoms with Gasteiger partial charge in [0.2, 0.25) is 5.91 Å². The SMILES string of the molecule is O=C(CN1CCN(S(=O)(=O)c2cccs2)CC1)Nc1ccccc1F. The summed E-state index contributed by atoms with van der Waals surface area (Å²) in [6.45, 7) is 1.66. The van der Waals surface area contributed by atoms with Gasteiger partial charge in [0.1, 0.15) is 10.0 Å². The minimum atomic E-state index is -3.45. The molecule has 2 heterocycles. The van der Waals surface area contributed by atoms with Crippen LogP contribution in [0.1, 0.15) is 0 Å². The number of sulfonamides is 1. The molecule has 0 radical (unpaired) electrons. The molecule has 134 valence electrons. The highest BCUT2D eigenvalue weighted by atomic mass is 32.2. The molecule has 3 rings (SSSR count). The molecule has 0 spiro atoms. The summed E-state index contributed by atoms with van der Waals surface area (Å²) in [6.07, 6.45) is 0. The highest BCUT2D eigenvalue weighted by molar-refractivity contribution is 7.91. The van der Waals surface area contributed by atoms with Crippen molar-refractivity contribution in [1.82, 2.24) is 9.21 Å². The van der Waals surface area contributed by atoms with Crippen molar-refractivity contribution in [3.05, 3.63) is 47.6 Å². The highest BCUT2D eigenvalue weighted by Crippen LogP contribution is 2.22. The van der Waals surface area contributed by atoms with Gasteiger partial charge in [-0.1, -0.05) is 18.2 Å². The third kappa shape index (κ3) is 4.24. The van der Waals surface area contributed by atoms with Crippen molar-refractivity contribution in [2.45, 2.75) is 4.21 Å². The van der Waals surface area contributed by atoms with E-state index in [0.717, 1.165) is 0 Å². The normalized spacial score (nSPS) is 16.7. The second-order valence-corrected chi connectivity index (χ2v) is 8.75. The first-order valence-corrected chi connectivity index (χ1v) is 10.1. The standard InChI is InChI=1S/C16H18FN3O3S2/c17-13-4-1-2-5-14(13)18-15(21)12-19-7-9-20(10-8-19)25(22,23)16-6-3-11-24-16/h1-6,11H,7-10,12H2,(H,18,21). The zero-order valence-corrected chi connectivity index (χ0v) is 15.0. The van der Waals surface area contributed by atoms with E-state index in [9.17, 15) is 17.6 Å². The van der Waals surface area contributed by atoms with Crippen molar-refractivity contribution in [2.75, 3.05) is 38.0 Å². The molecular weight excluding hydrogens is 365 g/mol. The maximum Gasteiger partial charge on any atom is 0.252 e. The number of anilines is 1. The van der Waals surface area contributed by atoms with E-state index in [4.69, 9.17) is 0 Å². The van der Waals surface area contributed by atoms with Crippen LogP contribution in [-0.4, -0.2) is 56.3 Å². The van der Waals surface area contributed by atoms with Crippen LogP contribution in [0.25, 0.3) is 0 Å². The molecule has 1 aromatic carbocycles. The number of rotatable bonds is 5. The number of para-hydroxylation sites is 1. The Hall–Kier alpha value is -1.81. The molecular formula is C16H18FN3O3S2. The quantitative estimate of drug-likeness (QED) is 0.855. The van der Waals surface area contributed by atoms with E-state index in [2.05, 4.69) is 5.32 Å². The lowest BCUT2D eigenvalue weighted by molar-refractivity contribution is -0.117. The van der Waals surface area contributed by atoms with Crippen molar-refractivity contribution in [3.8, 4) is 0 Å². The van der Waals surface area contributed by atoms with Crippen LogP contribution < -0.4 is 5.32 Å². The monoisotopic (exact) mass is 383 g/mol. The number of hydrogen-bond donors (Lipinski definition) is 1. The van der Waals surface area contributed by atoms with E-state index >= 15 is 0 Å². The molecule has 0 aliphatic carbocycles. The Labute approximate surface area is 149 Å². The van der Waals surface area contributed by atoms with E-state index in [0.29, 0.717) is 30.4 Å². The lowest BCUT2D eigenvalue weighted by atomic mass is 10.3. The van der Waals surface area contributed by atoms with Crippen molar-refractivity contribution in [2.24, 2.45) is 0 Å². The van der Waals surface area contributed by atoms with Crippen molar-refractivity contribution in [3.63, 3.8) is 0 Å². The van der Waals surface area contributed by atoms with Crippen LogP contribution in [0.2, 0.25) is 0 Å². The van der Waals surface area contributed by atoms with E-state index in [1.165, 1.54) is 27.8 Å². The van der Waals surface area contributed by atoms with E-state index in [1.54, 1.807) is 29.6 Å². The van der Waals surface area contributed by atoms with Gasteiger partial charge in [-0.05, 0) is 23.6 Å². The predicted molar refractivity (Wildman–Crippen MR) is 94.5 cm³/mol. The van der Waals surface area contributed by atoms with Gasteiger partial charge in [0.05, 0.1) is 12.2 Å². The number of nitrogens with zero attached hydrogens (tertiary/aromatic N) is 2. The van der Waals surface area contributed by atoms with Crippen LogP contribution in [0, 0.1) is 5.82 Å². The van der Waals surface area contributed by atoms with Crippen molar-refractivity contribution >= 4 is 33.0 Å². The maximum absolute atomic E-state index is 13.5. The molecule has 0 saturated carbocycles. The minimum absolute atomic E-state index is 0.0984. The van der Waals surface area contributed by atoms with Gasteiger partial charge < -0.3 is 5.32 Å². The van der Waals surface area contributed by atoms with Gasteiger partial charge in [-0.3, -0.25) is 9.69 Å². The third-order valence-corrected chi connectivity index (χ3v) is 7.21. The summed E-state index contributed by atoms with van der Waals surface area (Å²) in [5.41, 5.74) is 0.145. The molecule has 1 amide bonds. The molecule has 6 nitrogen and oxygen atoms in total. The number of benzene rings is 1. The van der Waals surface area contributed by atoms with Crippen LogP contribution in [0.3, 0.4) is 0 Å². The Morgan fingerprint density at radius 3 is 2.48 bits per heavy atom. The fourth-order valence-corrected chi connectivity index (χ4v) is 5.19. The summed E-state index contributed by atoms with van der Waals surface area (Å²) >= 11 is 1.19. The number of carbonyl (C=O) groups is 1. The van der Waals surface area contributed by atoms with Crippen LogP contribution in [0.15, 0.2) is 46.0 Å². The van der Waals surface area contributed by atoms with Crippen molar-refractivity contribution < 1.29 is 17.6 Å². The van der Waals surface area contributed by atoms with Gasteiger partial charge in [-0.2, -0.15) is 4.31 Å². The fourth-order valence-electron chi connectivity index (χ4n) is 2.62. The molecule has 1 aliphatic rings. The van der Waals surface area contributed by atoms with Crippen LogP contribution in [-0.2, 0) is 14.8 Å². The van der Waals surface area contributed by atoms with E-state index in [-0.39, 0.29) is 18.1 Å². The first-order chi connectivity index (χ1) is 12.0. The fraction of sp³-hybridized carbons (Fsp3) is 0.312. The Bertz CT molecular complexity index is 832. The number of nitrogens with one attached hydrogen (secondary N) is 1. The van der Waals surface area contributed by atoms with Crippen molar-refractivity contribution in [1.29, 1.82) is 0 Å². The smallest absolute Gasteiger partial charge is 0.252 e. The summed E-state index contributed by atoms with van der Waals surface area (Å²) in [7, 11) is -3.45. The van der Waals surface area contributed by atoms with Crippen LogP contribution >= 0.6 is 11.3 Å². The Kier molecular flexibility index (Phi) is 5.48. The summed E-state index contributed by atoms with van der Waals surface area (Å²) in [5, 5.41) is 4.27. The van der Waals surface area contributed by atoms with Gasteiger partial charge in [0.15, 0.2) is 0 Å². The maximum atomic E-state index is 13.5. The Balaban J connectivity index is 1.53. The molecule has 0 bridgehead atoms. The summed E-state index contributed by atoms with van der Waals surface area (Å²) in [5.74, 6) is -0.803. The molecule has 1 N–H and O–H groups in total. The van der Waals surface area contributed by atoms with Gasteiger partial charge in [-0.15, -0.1) is 11.3 Å². The molecule has 1 aliphatic heterocycles. The zero-order valence-electron chi connectivity index (χ0n) is 13.4. The largest absolute Gasteiger partial charge is 0.322 e. The van der Waals surface area contributed by atoms with E-state index in [1.807, 2.05) is 4.90 Å². The lowest BCUT2D eigenvalue weighted by Crippen LogP contribution is -2.50. The number of amides is 1. The molecule has 1 saturated heterocycles. The molecule has 0 atom stereocenters.